The number of rotatable bonds is 14. The molecule has 0 radical (unpaired) electrons. The van der Waals surface area contributed by atoms with Crippen LogP contribution in [0.1, 0.15) is 87.3 Å². The number of nitrogens with one attached hydrogen (secondary N) is 2. The second kappa shape index (κ2) is 19.4. The van der Waals surface area contributed by atoms with Crippen molar-refractivity contribution < 1.29 is 41.8 Å². The van der Waals surface area contributed by atoms with Crippen molar-refractivity contribution in [1.29, 1.82) is 0 Å². The maximum Gasteiger partial charge on any atom is 0.453 e. The van der Waals surface area contributed by atoms with Crippen molar-refractivity contribution in [3.8, 4) is 16.2 Å². The maximum absolute atomic E-state index is 13.9. The highest BCUT2D eigenvalue weighted by Gasteiger charge is 2.45. The highest BCUT2D eigenvalue weighted by molar-refractivity contribution is 7.13. The van der Waals surface area contributed by atoms with Gasteiger partial charge in [-0.15, -0.1) is 21.5 Å². The summed E-state index contributed by atoms with van der Waals surface area (Å²) < 4.78 is 52.4. The average Bonchev–Trinajstić information content (AvgIpc) is 4.01. The molecule has 2 aromatic heterocycles. The predicted molar refractivity (Wildman–Crippen MR) is 228 cm³/mol. The van der Waals surface area contributed by atoms with Gasteiger partial charge in [0.25, 0.3) is 5.82 Å². The Balaban J connectivity index is 0.813. The minimum atomic E-state index is -4.63. The van der Waals surface area contributed by atoms with Crippen molar-refractivity contribution in [2.75, 3.05) is 39.5 Å². The molecule has 0 spiro atoms. The lowest BCUT2D eigenvalue weighted by Crippen LogP contribution is -2.58. The molecule has 2 saturated heterocycles. The molecule has 0 aliphatic carbocycles. The van der Waals surface area contributed by atoms with Gasteiger partial charge in [-0.2, -0.15) is 22.9 Å². The number of thiazole rings is 1. The summed E-state index contributed by atoms with van der Waals surface area (Å²) in [7, 11) is 0. The van der Waals surface area contributed by atoms with Crippen molar-refractivity contribution in [1.82, 2.24) is 40.3 Å². The van der Waals surface area contributed by atoms with Gasteiger partial charge >= 0.3 is 6.18 Å². The van der Waals surface area contributed by atoms with E-state index in [0.29, 0.717) is 56.5 Å². The van der Waals surface area contributed by atoms with E-state index in [1.54, 1.807) is 37.6 Å². The number of nitrogens with zero attached hydrogens (tertiary/aromatic N) is 7. The molecule has 0 saturated carbocycles. The highest BCUT2D eigenvalue weighted by atomic mass is 32.1. The first kappa shape index (κ1) is 45.3. The van der Waals surface area contributed by atoms with Crippen LogP contribution in [0.15, 0.2) is 59.1 Å². The number of aromatic nitrogens is 4. The third-order valence-corrected chi connectivity index (χ3v) is 12.4. The summed E-state index contributed by atoms with van der Waals surface area (Å²) in [6.07, 6.45) is -1.70. The molecule has 2 atom stereocenters. The van der Waals surface area contributed by atoms with E-state index in [-0.39, 0.29) is 44.3 Å². The lowest BCUT2D eigenvalue weighted by Gasteiger charge is -2.35. The van der Waals surface area contributed by atoms with Crippen LogP contribution in [0.4, 0.5) is 13.2 Å². The number of amidine groups is 1. The summed E-state index contributed by atoms with van der Waals surface area (Å²) >= 11 is 1.56. The summed E-state index contributed by atoms with van der Waals surface area (Å²) in [5, 5.41) is 16.9. The summed E-state index contributed by atoms with van der Waals surface area (Å²) in [5.41, 5.74) is 5.06. The monoisotopic (exact) mass is 891 g/mol. The summed E-state index contributed by atoms with van der Waals surface area (Å²) in [6.45, 7) is 9.01. The Morgan fingerprint density at radius 1 is 0.968 bits per heavy atom. The molecule has 3 aliphatic rings. The summed E-state index contributed by atoms with van der Waals surface area (Å²) in [6, 6.07) is 13.6. The molecule has 3 aliphatic heterocycles. The Bertz CT molecular complexity index is 2300. The molecule has 2 fully saturated rings. The molecule has 2 N–H and O–H groups in total. The van der Waals surface area contributed by atoms with Gasteiger partial charge in [-0.05, 0) is 59.9 Å². The second-order valence-corrected chi connectivity index (χ2v) is 18.0. The second-order valence-electron chi connectivity index (χ2n) is 17.1. The first-order chi connectivity index (χ1) is 30.0. The number of aryl methyl sites for hydroxylation is 2. The van der Waals surface area contributed by atoms with Crippen molar-refractivity contribution in [2.45, 2.75) is 96.9 Å². The Morgan fingerprint density at radius 3 is 2.37 bits per heavy atom. The molecule has 63 heavy (non-hydrogen) atoms. The molecule has 2 unspecified atom stereocenters. The molecule has 3 amide bonds. The number of alkyl halides is 3. The van der Waals surface area contributed by atoms with Crippen LogP contribution in [0, 0.1) is 12.3 Å². The quantitative estimate of drug-likeness (QED) is 0.154. The fraction of sp³-hybridized carbons (Fsp3) is 0.500. The van der Waals surface area contributed by atoms with E-state index in [1.807, 2.05) is 55.5 Å². The smallest absolute Gasteiger partial charge is 0.453 e. The van der Waals surface area contributed by atoms with Gasteiger partial charge in [-0.1, -0.05) is 57.2 Å². The fourth-order valence-electron chi connectivity index (χ4n) is 8.02. The zero-order chi connectivity index (χ0) is 44.9. The molecule has 336 valence electrons. The number of halogens is 3. The lowest BCUT2D eigenvalue weighted by molar-refractivity contribution is -0.147. The molecule has 4 aromatic rings. The maximum atomic E-state index is 13.9. The highest BCUT2D eigenvalue weighted by Crippen LogP contribution is 2.33. The van der Waals surface area contributed by atoms with Gasteiger partial charge in [0.15, 0.2) is 11.6 Å². The number of amides is 3. The third kappa shape index (κ3) is 11.1. The molecule has 15 nitrogen and oxygen atoms in total. The van der Waals surface area contributed by atoms with Gasteiger partial charge in [0.2, 0.25) is 17.7 Å². The number of fused-ring (bicyclic) bond motifs is 1. The Morgan fingerprint density at radius 2 is 1.70 bits per heavy atom. The van der Waals surface area contributed by atoms with Crippen molar-refractivity contribution >= 4 is 40.7 Å². The number of piperidine rings is 1. The van der Waals surface area contributed by atoms with Crippen molar-refractivity contribution in [3.63, 3.8) is 0 Å². The van der Waals surface area contributed by atoms with Crippen LogP contribution in [-0.2, 0) is 43.1 Å². The van der Waals surface area contributed by atoms with Crippen LogP contribution >= 0.6 is 11.3 Å². The van der Waals surface area contributed by atoms with Crippen LogP contribution in [0.5, 0.6) is 5.75 Å². The number of ketones is 1. The zero-order valence-corrected chi connectivity index (χ0v) is 36.6. The number of carbonyl (C=O) groups is 4. The molecule has 5 heterocycles. The van der Waals surface area contributed by atoms with E-state index < -0.39 is 47.2 Å². The van der Waals surface area contributed by atoms with E-state index in [4.69, 9.17) is 9.47 Å². The molecular formula is C44H52F3N9O6S. The number of ether oxygens (including phenoxy) is 2. The number of hydrogen-bond donors (Lipinski definition) is 2. The van der Waals surface area contributed by atoms with E-state index in [9.17, 15) is 32.3 Å². The fourth-order valence-corrected chi connectivity index (χ4v) is 8.83. The number of carbonyl (C=O) groups excluding carboxylic acids is 4. The van der Waals surface area contributed by atoms with E-state index in [1.165, 1.54) is 4.90 Å². The van der Waals surface area contributed by atoms with Gasteiger partial charge in [0.05, 0.1) is 35.8 Å². The normalized spacial score (nSPS) is 17.6. The van der Waals surface area contributed by atoms with Crippen LogP contribution in [-0.4, -0.2) is 111 Å². The van der Waals surface area contributed by atoms with E-state index >= 15 is 0 Å². The number of likely N-dealkylation sites (tertiary alicyclic amines) is 2. The van der Waals surface area contributed by atoms with Crippen LogP contribution in [0.2, 0.25) is 0 Å². The van der Waals surface area contributed by atoms with Gasteiger partial charge in [-0.25, -0.2) is 4.98 Å². The molecule has 7 rings (SSSR count). The Kier molecular flexibility index (Phi) is 13.9. The lowest BCUT2D eigenvalue weighted by atomic mass is 9.85. The van der Waals surface area contributed by atoms with Gasteiger partial charge in [-0.3, -0.25) is 19.2 Å². The Hall–Kier alpha value is -5.69. The van der Waals surface area contributed by atoms with Crippen LogP contribution in [0.3, 0.4) is 0 Å². The first-order valence-electron chi connectivity index (χ1n) is 21.1. The van der Waals surface area contributed by atoms with Crippen molar-refractivity contribution in [3.05, 3.63) is 82.5 Å². The zero-order valence-electron chi connectivity index (χ0n) is 35.7. The van der Waals surface area contributed by atoms with Crippen molar-refractivity contribution in [2.24, 2.45) is 10.5 Å². The first-order valence-corrected chi connectivity index (χ1v) is 22.0. The third-order valence-electron chi connectivity index (χ3n) is 11.5. The van der Waals surface area contributed by atoms with E-state index in [0.717, 1.165) is 44.8 Å². The number of benzene rings is 2. The van der Waals surface area contributed by atoms with Crippen LogP contribution < -0.4 is 15.4 Å². The summed E-state index contributed by atoms with van der Waals surface area (Å²) in [5.74, 6) is -0.969. The topological polar surface area (TPSA) is 173 Å². The molecular weight excluding hydrogens is 840 g/mol. The average molecular weight is 892 g/mol. The predicted octanol–water partition coefficient (Wildman–Crippen LogP) is 5.52. The standard InChI is InChI=1S/C44H52F3N9O6S/c1-27-38(63-26-49-27)31-8-6-28(7-9-31)23-48-40(59)34-22-32(57)24-55(34)41(60)39(43(2,3)4)50-37(58)25-61-20-5-21-62-33-12-10-29(11-13-33)30-16-18-54(19-17-30)36-15-14-35-51-52-42(44(45,46)47)56(35)53-36/h6-13,26,30,34,39H,5,14-25H2,1-4H3,(H,48,59)(H,50,58). The number of Topliss-reactive ketones (excluding diaryl/α,β-unsaturated/α-hetero) is 1. The van der Waals surface area contributed by atoms with Gasteiger partial charge in [0.1, 0.15) is 30.3 Å². The number of hydrogen-bond acceptors (Lipinski definition) is 12. The van der Waals surface area contributed by atoms with E-state index in [2.05, 4.69) is 35.8 Å². The SMILES string of the molecule is Cc1ncsc1-c1ccc(CNC(=O)C2CC(=O)CN2C(=O)C(NC(=O)COCCCOc2ccc(C3CCN(C4=Nn5c(nnc5C(F)(F)F)CC4)CC3)cc2)C(C)(C)C)cc1. The molecule has 0 bridgehead atoms. The molecule has 2 aromatic carbocycles. The largest absolute Gasteiger partial charge is 0.494 e. The minimum absolute atomic E-state index is 0.104. The summed E-state index contributed by atoms with van der Waals surface area (Å²) in [4.78, 5) is 61.6. The minimum Gasteiger partial charge on any atom is -0.494 e. The Labute approximate surface area is 367 Å². The van der Waals surface area contributed by atoms with Gasteiger partial charge in [0, 0.05) is 45.3 Å². The van der Waals surface area contributed by atoms with Gasteiger partial charge < -0.3 is 29.9 Å². The van der Waals surface area contributed by atoms with Crippen LogP contribution in [0.25, 0.3) is 10.4 Å². The molecule has 19 heteroatoms.